The van der Waals surface area contributed by atoms with Crippen LogP contribution in [0.1, 0.15) is 73.8 Å². The van der Waals surface area contributed by atoms with Crippen molar-refractivity contribution >= 4 is 46.8 Å². The Morgan fingerprint density at radius 1 is 1.09 bits per heavy atom. The molecule has 13 nitrogen and oxygen atoms in total. The predicted molar refractivity (Wildman–Crippen MR) is 160 cm³/mol. The van der Waals surface area contributed by atoms with Crippen LogP contribution in [0.25, 0.3) is 0 Å². The van der Waals surface area contributed by atoms with Gasteiger partial charge in [0.15, 0.2) is 0 Å². The quantitative estimate of drug-likeness (QED) is 0.182. The third-order valence-electron chi connectivity index (χ3n) is 7.05. The summed E-state index contributed by atoms with van der Waals surface area (Å²) in [6, 6.07) is -2.10. The van der Waals surface area contributed by atoms with Crippen LogP contribution in [0, 0.1) is 22.7 Å². The highest BCUT2D eigenvalue weighted by Crippen LogP contribution is 2.33. The van der Waals surface area contributed by atoms with Crippen molar-refractivity contribution in [3.8, 4) is 0 Å². The van der Waals surface area contributed by atoms with E-state index in [-0.39, 0.29) is 48.8 Å². The van der Waals surface area contributed by atoms with E-state index in [2.05, 4.69) is 15.4 Å². The van der Waals surface area contributed by atoms with Gasteiger partial charge in [0, 0.05) is 24.1 Å². The molecule has 0 radical (unpaired) electrons. The van der Waals surface area contributed by atoms with E-state index in [0.717, 1.165) is 0 Å². The predicted octanol–water partition coefficient (Wildman–Crippen LogP) is 2.49. The number of furan rings is 1. The fourth-order valence-electron chi connectivity index (χ4n) is 4.89. The minimum absolute atomic E-state index is 0.0148. The number of rotatable bonds is 9. The average molecular weight is 624 g/mol. The summed E-state index contributed by atoms with van der Waals surface area (Å²) in [5.74, 6) is -3.17. The first kappa shape index (κ1) is 35.6. The van der Waals surface area contributed by atoms with Crippen molar-refractivity contribution in [3.05, 3.63) is 24.2 Å². The number of ether oxygens (including phenoxy) is 1. The SMILES string of the molecule is CC(C)[C@H]1CCN(C(=O)[C@@H](NC(=O)N[C@@H](CC(C)(C)C)C(=O)OCc2ccoc2)C(C)(C)C)[C@@H]1C(=O)NSC(=O)C(N)=O. The van der Waals surface area contributed by atoms with Crippen LogP contribution in [0.4, 0.5) is 4.79 Å². The summed E-state index contributed by atoms with van der Waals surface area (Å²) in [4.78, 5) is 77.7. The Hall–Kier alpha value is -3.55. The zero-order valence-corrected chi connectivity index (χ0v) is 27.0. The highest BCUT2D eigenvalue weighted by molar-refractivity contribution is 8.14. The maximum atomic E-state index is 14.0. The minimum atomic E-state index is -1.21. The van der Waals surface area contributed by atoms with E-state index in [9.17, 15) is 28.8 Å². The molecule has 0 aromatic carbocycles. The topological polar surface area (TPSA) is 190 Å². The highest BCUT2D eigenvalue weighted by Gasteiger charge is 2.47. The summed E-state index contributed by atoms with van der Waals surface area (Å²) in [5.41, 5.74) is 4.51. The van der Waals surface area contributed by atoms with Gasteiger partial charge in [0.2, 0.25) is 5.91 Å². The first-order chi connectivity index (χ1) is 19.8. The lowest BCUT2D eigenvalue weighted by Gasteiger charge is -2.37. The number of hydrogen-bond donors (Lipinski definition) is 4. The fraction of sp³-hybridized carbons (Fsp3) is 0.655. The molecule has 5 amide bonds. The number of amides is 5. The zero-order valence-electron chi connectivity index (χ0n) is 26.1. The van der Waals surface area contributed by atoms with Gasteiger partial charge in [0.25, 0.3) is 16.9 Å². The molecule has 2 heterocycles. The Labute approximate surface area is 256 Å². The van der Waals surface area contributed by atoms with Gasteiger partial charge < -0.3 is 30.4 Å². The van der Waals surface area contributed by atoms with Crippen LogP contribution in [-0.4, -0.2) is 64.4 Å². The van der Waals surface area contributed by atoms with Crippen LogP contribution in [0.15, 0.2) is 23.0 Å². The van der Waals surface area contributed by atoms with Crippen molar-refractivity contribution < 1.29 is 37.9 Å². The van der Waals surface area contributed by atoms with Gasteiger partial charge in [-0.1, -0.05) is 55.4 Å². The molecular weight excluding hydrogens is 578 g/mol. The molecule has 0 spiro atoms. The molecule has 43 heavy (non-hydrogen) atoms. The summed E-state index contributed by atoms with van der Waals surface area (Å²) < 4.78 is 12.8. The Morgan fingerprint density at radius 2 is 1.74 bits per heavy atom. The van der Waals surface area contributed by atoms with Crippen molar-refractivity contribution in [3.63, 3.8) is 0 Å². The van der Waals surface area contributed by atoms with Crippen molar-refractivity contribution in [1.29, 1.82) is 0 Å². The second-order valence-electron chi connectivity index (χ2n) is 13.4. The van der Waals surface area contributed by atoms with E-state index in [4.69, 9.17) is 14.9 Å². The molecule has 1 fully saturated rings. The summed E-state index contributed by atoms with van der Waals surface area (Å²) in [7, 11) is 0. The van der Waals surface area contributed by atoms with E-state index in [1.165, 1.54) is 17.4 Å². The van der Waals surface area contributed by atoms with E-state index < -0.39 is 58.4 Å². The Kier molecular flexibility index (Phi) is 12.2. The van der Waals surface area contributed by atoms with Gasteiger partial charge in [0.05, 0.1) is 12.5 Å². The molecule has 4 atom stereocenters. The molecule has 14 heteroatoms. The molecule has 0 aliphatic carbocycles. The summed E-state index contributed by atoms with van der Waals surface area (Å²) >= 11 is 0.269. The fourth-order valence-corrected chi connectivity index (χ4v) is 5.30. The molecule has 0 unspecified atom stereocenters. The number of nitrogens with one attached hydrogen (secondary N) is 3. The van der Waals surface area contributed by atoms with Crippen LogP contribution in [0.3, 0.4) is 0 Å². The molecule has 1 aromatic heterocycles. The monoisotopic (exact) mass is 623 g/mol. The Balaban J connectivity index is 2.24. The molecule has 2 rings (SSSR count). The lowest BCUT2D eigenvalue weighted by atomic mass is 9.84. The van der Waals surface area contributed by atoms with Gasteiger partial charge in [0.1, 0.15) is 24.7 Å². The first-order valence-electron chi connectivity index (χ1n) is 14.2. The second kappa shape index (κ2) is 14.8. The van der Waals surface area contributed by atoms with E-state index in [1.807, 2.05) is 34.6 Å². The molecular formula is C29H45N5O8S. The Bertz CT molecular complexity index is 1170. The number of nitrogens with two attached hydrogens (primary N) is 1. The van der Waals surface area contributed by atoms with Gasteiger partial charge >= 0.3 is 12.0 Å². The van der Waals surface area contributed by atoms with Crippen molar-refractivity contribution in [2.75, 3.05) is 6.54 Å². The Morgan fingerprint density at radius 3 is 2.26 bits per heavy atom. The third kappa shape index (κ3) is 10.6. The van der Waals surface area contributed by atoms with Crippen LogP contribution < -0.4 is 21.1 Å². The number of likely N-dealkylation sites (tertiary alicyclic amines) is 1. The number of urea groups is 1. The molecule has 0 bridgehead atoms. The molecule has 0 saturated carbocycles. The smallest absolute Gasteiger partial charge is 0.329 e. The summed E-state index contributed by atoms with van der Waals surface area (Å²) in [6.45, 7) is 15.1. The summed E-state index contributed by atoms with van der Waals surface area (Å²) in [6.07, 6.45) is 3.71. The second-order valence-corrected chi connectivity index (χ2v) is 14.1. The number of esters is 1. The molecule has 5 N–H and O–H groups in total. The maximum absolute atomic E-state index is 14.0. The van der Waals surface area contributed by atoms with Crippen LogP contribution in [0.2, 0.25) is 0 Å². The lowest BCUT2D eigenvalue weighted by Crippen LogP contribution is -2.60. The highest BCUT2D eigenvalue weighted by atomic mass is 32.2. The zero-order chi connectivity index (χ0) is 32.7. The number of carbonyl (C=O) groups is 6. The van der Waals surface area contributed by atoms with Gasteiger partial charge in [-0.05, 0) is 41.6 Å². The molecule has 1 aliphatic rings. The maximum Gasteiger partial charge on any atom is 0.329 e. The normalized spacial score (nSPS) is 18.5. The minimum Gasteiger partial charge on any atom is -0.472 e. The third-order valence-corrected chi connectivity index (χ3v) is 7.74. The van der Waals surface area contributed by atoms with E-state index in [1.54, 1.807) is 26.8 Å². The van der Waals surface area contributed by atoms with E-state index in [0.29, 0.717) is 12.0 Å². The standard InChI is InChI=1S/C29H45N5O8S/c1-16(2)18-9-11-34(20(18)23(36)33-43-26(39)22(30)35)24(37)21(29(6,7)8)32-27(40)31-19(13-28(3,4)5)25(38)42-15-17-10-12-41-14-17/h10,12,14,16,18-21H,9,11,13,15H2,1-8H3,(H2,30,35)(H,33,36)(H2,31,32,40)/t18-,19+,20+,21-/m1/s1. The largest absolute Gasteiger partial charge is 0.472 e. The van der Waals surface area contributed by atoms with Crippen molar-refractivity contribution in [2.24, 2.45) is 28.4 Å². The average Bonchev–Trinajstić information content (AvgIpc) is 3.57. The van der Waals surface area contributed by atoms with Crippen LogP contribution in [-0.2, 0) is 35.3 Å². The van der Waals surface area contributed by atoms with Crippen LogP contribution in [0.5, 0.6) is 0 Å². The molecule has 1 saturated heterocycles. The first-order valence-corrected chi connectivity index (χ1v) is 15.0. The molecule has 1 aromatic rings. The number of hydrogen-bond acceptors (Lipinski definition) is 9. The van der Waals surface area contributed by atoms with Gasteiger partial charge in [-0.3, -0.25) is 23.9 Å². The number of carbonyl (C=O) groups excluding carboxylic acids is 6. The van der Waals surface area contributed by atoms with E-state index >= 15 is 0 Å². The lowest BCUT2D eigenvalue weighted by molar-refractivity contribution is -0.148. The van der Waals surface area contributed by atoms with Crippen molar-refractivity contribution in [2.45, 2.75) is 93.0 Å². The molecule has 240 valence electrons. The van der Waals surface area contributed by atoms with Gasteiger partial charge in [-0.25, -0.2) is 9.59 Å². The molecule has 1 aliphatic heterocycles. The van der Waals surface area contributed by atoms with Gasteiger partial charge in [-0.2, -0.15) is 0 Å². The number of nitrogens with zero attached hydrogens (tertiary/aromatic N) is 1. The number of primary amides is 1. The van der Waals surface area contributed by atoms with Gasteiger partial charge in [-0.15, -0.1) is 0 Å². The summed E-state index contributed by atoms with van der Waals surface area (Å²) in [5, 5.41) is 4.36. The van der Waals surface area contributed by atoms with Crippen molar-refractivity contribution in [1.82, 2.24) is 20.3 Å². The van der Waals surface area contributed by atoms with Crippen LogP contribution >= 0.6 is 11.9 Å².